The first-order valence-electron chi connectivity index (χ1n) is 11.7. The maximum absolute atomic E-state index is 12.5. The van der Waals surface area contributed by atoms with E-state index in [2.05, 4.69) is 32.8 Å². The first kappa shape index (κ1) is 29.0. The Morgan fingerprint density at radius 1 is 0.900 bits per heavy atom. The summed E-state index contributed by atoms with van der Waals surface area (Å²) in [6.07, 6.45) is 18.3. The van der Waals surface area contributed by atoms with Gasteiger partial charge >= 0.3 is 190 Å². The number of hydrogen-bond acceptors (Lipinski definition) is 4. The van der Waals surface area contributed by atoms with Crippen molar-refractivity contribution >= 4 is 30.3 Å². The van der Waals surface area contributed by atoms with E-state index < -0.39 is 35.7 Å². The number of ether oxygens (including phenoxy) is 2. The molecule has 0 aromatic rings. The molecular weight excluding hydrogens is 483 g/mol. The van der Waals surface area contributed by atoms with E-state index in [4.69, 9.17) is 15.9 Å². The summed E-state index contributed by atoms with van der Waals surface area (Å²) >= 11 is -2.28. The first-order chi connectivity index (χ1) is 14.4. The van der Waals surface area contributed by atoms with Crippen molar-refractivity contribution in [3.05, 3.63) is 12.2 Å². The van der Waals surface area contributed by atoms with Gasteiger partial charge in [0.25, 0.3) is 0 Å². The number of unbranched alkanes of at least 4 members (excludes halogenated alkanes) is 3. The third kappa shape index (κ3) is 9.45. The molecule has 0 bridgehead atoms. The van der Waals surface area contributed by atoms with Gasteiger partial charge in [-0.15, -0.1) is 0 Å². The molecule has 0 saturated carbocycles. The second-order valence-corrected chi connectivity index (χ2v) is 22.5. The molecule has 0 aromatic carbocycles. The molecule has 0 saturated heterocycles. The molecule has 172 valence electrons. The average molecular weight is 527 g/mol. The van der Waals surface area contributed by atoms with E-state index in [0.29, 0.717) is 6.42 Å². The van der Waals surface area contributed by atoms with Crippen LogP contribution in [0.15, 0.2) is 12.2 Å². The number of rotatable bonds is 17. The van der Waals surface area contributed by atoms with Gasteiger partial charge in [0.2, 0.25) is 0 Å². The Morgan fingerprint density at radius 3 is 1.73 bits per heavy atom. The zero-order chi connectivity index (χ0) is 22.9. The molecule has 0 atom stereocenters. The Bertz CT molecular complexity index is 524. The SMILES string of the molecule is C#CCCC(C/C=C/[CH2][Sn]([CH2]CCC)([CH2]CCC)[CH2]CCC)(C(=O)OC)C(=O)OC. The van der Waals surface area contributed by atoms with Gasteiger partial charge in [0.05, 0.1) is 0 Å². The summed E-state index contributed by atoms with van der Waals surface area (Å²) in [5.74, 6) is 1.41. The van der Waals surface area contributed by atoms with Crippen molar-refractivity contribution in [2.75, 3.05) is 14.2 Å². The van der Waals surface area contributed by atoms with Crippen LogP contribution in [0.4, 0.5) is 0 Å². The summed E-state index contributed by atoms with van der Waals surface area (Å²) < 4.78 is 15.4. The topological polar surface area (TPSA) is 52.6 Å². The summed E-state index contributed by atoms with van der Waals surface area (Å²) in [6, 6.07) is 0. The van der Waals surface area contributed by atoms with Crippen molar-refractivity contribution in [3.8, 4) is 12.3 Å². The molecule has 0 aliphatic heterocycles. The summed E-state index contributed by atoms with van der Waals surface area (Å²) in [5, 5.41) is 0. The van der Waals surface area contributed by atoms with Crippen LogP contribution in [-0.2, 0) is 19.1 Å². The number of carbonyl (C=O) groups excluding carboxylic acids is 2. The standard InChI is InChI=1S/C13H17O4.3C4H9.Sn/c1-5-7-9-13(10-8-6-2,11(14)16-3)12(15)17-4;3*1-3-4-2;/h1,6,8H,2,7,9-10H2,3-4H3;3*1,3-4H2,2H3;/b8-6+;;;;. The molecule has 4 nitrogen and oxygen atoms in total. The van der Waals surface area contributed by atoms with Crippen molar-refractivity contribution < 1.29 is 19.1 Å². The van der Waals surface area contributed by atoms with Gasteiger partial charge in [0.15, 0.2) is 0 Å². The molecule has 0 heterocycles. The fourth-order valence-electron chi connectivity index (χ4n) is 4.19. The van der Waals surface area contributed by atoms with Crippen LogP contribution in [0.3, 0.4) is 0 Å². The predicted molar refractivity (Wildman–Crippen MR) is 128 cm³/mol. The Kier molecular flexibility index (Phi) is 16.2. The molecule has 0 rings (SSSR count). The van der Waals surface area contributed by atoms with Crippen molar-refractivity contribution in [1.29, 1.82) is 0 Å². The molecule has 0 radical (unpaired) electrons. The molecule has 0 N–H and O–H groups in total. The zero-order valence-corrected chi connectivity index (χ0v) is 22.9. The number of hydrogen-bond donors (Lipinski definition) is 0. The van der Waals surface area contributed by atoms with Crippen molar-refractivity contribution in [2.24, 2.45) is 5.41 Å². The van der Waals surface area contributed by atoms with Gasteiger partial charge in [-0.3, -0.25) is 0 Å². The quantitative estimate of drug-likeness (QED) is 0.0710. The third-order valence-corrected chi connectivity index (χ3v) is 21.5. The van der Waals surface area contributed by atoms with Crippen LogP contribution in [0.25, 0.3) is 0 Å². The summed E-state index contributed by atoms with van der Waals surface area (Å²) in [4.78, 5) is 25.1. The minimum absolute atomic E-state index is 0.239. The summed E-state index contributed by atoms with van der Waals surface area (Å²) in [5.41, 5.74) is -1.35. The molecule has 0 aromatic heterocycles. The zero-order valence-electron chi connectivity index (χ0n) is 20.1. The fourth-order valence-corrected chi connectivity index (χ4v) is 19.4. The molecular formula is C25H44O4Sn. The van der Waals surface area contributed by atoms with Crippen molar-refractivity contribution in [1.82, 2.24) is 0 Å². The van der Waals surface area contributed by atoms with E-state index in [1.165, 1.54) is 70.5 Å². The first-order valence-corrected chi connectivity index (χ1v) is 19.7. The maximum atomic E-state index is 12.5. The number of carbonyl (C=O) groups is 2. The molecule has 0 aliphatic carbocycles. The molecule has 0 spiro atoms. The van der Waals surface area contributed by atoms with Crippen LogP contribution in [0.2, 0.25) is 17.7 Å². The molecule has 30 heavy (non-hydrogen) atoms. The molecule has 0 amide bonds. The average Bonchev–Trinajstić information content (AvgIpc) is 2.78. The van der Waals surface area contributed by atoms with Gasteiger partial charge in [-0.2, -0.15) is 0 Å². The van der Waals surface area contributed by atoms with Crippen LogP contribution < -0.4 is 0 Å². The second kappa shape index (κ2) is 16.7. The Morgan fingerprint density at radius 2 is 1.37 bits per heavy atom. The van der Waals surface area contributed by atoms with Gasteiger partial charge in [-0.25, -0.2) is 0 Å². The van der Waals surface area contributed by atoms with E-state index in [9.17, 15) is 9.59 Å². The van der Waals surface area contributed by atoms with Crippen LogP contribution >= 0.6 is 0 Å². The number of methoxy groups -OCH3 is 2. The minimum atomic E-state index is -2.28. The van der Waals surface area contributed by atoms with E-state index in [0.717, 1.165) is 0 Å². The van der Waals surface area contributed by atoms with Gasteiger partial charge < -0.3 is 0 Å². The van der Waals surface area contributed by atoms with E-state index >= 15 is 0 Å². The Balaban J connectivity index is 5.57. The number of terminal acetylenes is 1. The second-order valence-electron chi connectivity index (χ2n) is 8.46. The van der Waals surface area contributed by atoms with Crippen molar-refractivity contribution in [2.45, 2.75) is 96.3 Å². The fraction of sp³-hybridized carbons (Fsp3) is 0.760. The molecule has 0 fully saturated rings. The normalized spacial score (nSPS) is 12.0. The number of allylic oxidation sites excluding steroid dienone is 2. The third-order valence-electron chi connectivity index (χ3n) is 6.21. The summed E-state index contributed by atoms with van der Waals surface area (Å²) in [6.45, 7) is 6.83. The van der Waals surface area contributed by atoms with Gasteiger partial charge in [0.1, 0.15) is 0 Å². The monoisotopic (exact) mass is 528 g/mol. The van der Waals surface area contributed by atoms with Gasteiger partial charge in [0, 0.05) is 0 Å². The van der Waals surface area contributed by atoms with E-state index in [1.54, 1.807) is 0 Å². The molecule has 5 heteroatoms. The van der Waals surface area contributed by atoms with Crippen LogP contribution in [-0.4, -0.2) is 44.5 Å². The van der Waals surface area contributed by atoms with Crippen LogP contribution in [0, 0.1) is 17.8 Å². The number of esters is 2. The Hall–Kier alpha value is -0.961. The van der Waals surface area contributed by atoms with E-state index in [1.807, 2.05) is 6.08 Å². The van der Waals surface area contributed by atoms with Crippen LogP contribution in [0.1, 0.15) is 78.6 Å². The molecule has 0 unspecified atom stereocenters. The van der Waals surface area contributed by atoms with Gasteiger partial charge in [-0.1, -0.05) is 0 Å². The van der Waals surface area contributed by atoms with E-state index in [-0.39, 0.29) is 12.8 Å². The van der Waals surface area contributed by atoms with Crippen molar-refractivity contribution in [3.63, 3.8) is 0 Å². The van der Waals surface area contributed by atoms with Crippen LogP contribution in [0.5, 0.6) is 0 Å². The molecule has 0 aliphatic rings. The predicted octanol–water partition coefficient (Wildman–Crippen LogP) is 6.53. The Labute approximate surface area is 189 Å². The summed E-state index contributed by atoms with van der Waals surface area (Å²) in [7, 11) is 2.61. The van der Waals surface area contributed by atoms with Gasteiger partial charge in [-0.05, 0) is 0 Å².